The Morgan fingerprint density at radius 3 is 1.82 bits per heavy atom. The Morgan fingerprint density at radius 2 is 1.16 bits per heavy atom. The lowest BCUT2D eigenvalue weighted by Gasteiger charge is -2.25. The van der Waals surface area contributed by atoms with E-state index in [1.54, 1.807) is 0 Å². The smallest absolute Gasteiger partial charge is 0.214 e. The largest absolute Gasteiger partial charge is 0.344 e. The number of benzene rings is 4. The molecule has 2 heteroatoms. The van der Waals surface area contributed by atoms with Crippen molar-refractivity contribution in [1.29, 1.82) is 0 Å². The fourth-order valence-corrected chi connectivity index (χ4v) is 5.15. The van der Waals surface area contributed by atoms with Gasteiger partial charge in [-0.1, -0.05) is 103 Å². The number of allylic oxidation sites excluding steroid dienone is 2. The summed E-state index contributed by atoms with van der Waals surface area (Å²) in [5, 5.41) is 0. The van der Waals surface area contributed by atoms with Gasteiger partial charge in [0.25, 0.3) is 0 Å². The predicted molar refractivity (Wildman–Crippen MR) is 157 cm³/mol. The average molecular weight is 492 g/mol. The van der Waals surface area contributed by atoms with Gasteiger partial charge < -0.3 is 4.90 Å². The van der Waals surface area contributed by atoms with E-state index in [1.807, 2.05) is 0 Å². The molecule has 1 aliphatic rings. The Balaban J connectivity index is 1.18. The van der Waals surface area contributed by atoms with Crippen molar-refractivity contribution >= 4 is 11.3 Å². The minimum Gasteiger partial charge on any atom is -0.344 e. The molecule has 0 saturated carbocycles. The van der Waals surface area contributed by atoms with Crippen molar-refractivity contribution in [2.45, 2.75) is 12.8 Å². The molecule has 0 saturated heterocycles. The molecule has 0 aliphatic carbocycles. The van der Waals surface area contributed by atoms with Crippen LogP contribution in [0.25, 0.3) is 11.3 Å². The summed E-state index contributed by atoms with van der Waals surface area (Å²) in [6, 6.07) is 43.2. The molecule has 0 bridgehead atoms. The number of rotatable bonds is 7. The second-order valence-electron chi connectivity index (χ2n) is 9.70. The minimum atomic E-state index is 0.854. The summed E-state index contributed by atoms with van der Waals surface area (Å²) in [7, 11) is 0. The molecular weight excluding hydrogens is 460 g/mol. The molecule has 2 nitrogen and oxygen atoms in total. The first-order valence-electron chi connectivity index (χ1n) is 13.2. The number of aromatic nitrogens is 1. The third-order valence-corrected chi connectivity index (χ3v) is 7.15. The van der Waals surface area contributed by atoms with E-state index >= 15 is 0 Å². The fourth-order valence-electron chi connectivity index (χ4n) is 5.15. The second kappa shape index (κ2) is 11.1. The Labute approximate surface area is 225 Å². The van der Waals surface area contributed by atoms with Crippen LogP contribution in [-0.2, 0) is 12.8 Å². The topological polar surface area (TPSA) is 7.12 Å². The van der Waals surface area contributed by atoms with Crippen LogP contribution in [0.3, 0.4) is 0 Å². The summed E-state index contributed by atoms with van der Waals surface area (Å²) in [4.78, 5) is 2.34. The van der Waals surface area contributed by atoms with Crippen LogP contribution >= 0.6 is 0 Å². The molecule has 0 N–H and O–H groups in total. The van der Waals surface area contributed by atoms with E-state index in [9.17, 15) is 0 Å². The summed E-state index contributed by atoms with van der Waals surface area (Å²) in [6.07, 6.45) is 13.0. The summed E-state index contributed by atoms with van der Waals surface area (Å²) >= 11 is 0. The highest BCUT2D eigenvalue weighted by Crippen LogP contribution is 2.27. The Kier molecular flexibility index (Phi) is 6.95. The van der Waals surface area contributed by atoms with E-state index in [4.69, 9.17) is 0 Å². The molecule has 38 heavy (non-hydrogen) atoms. The highest BCUT2D eigenvalue weighted by Gasteiger charge is 2.15. The van der Waals surface area contributed by atoms with Crippen LogP contribution in [-0.4, -0.2) is 6.54 Å². The van der Waals surface area contributed by atoms with Gasteiger partial charge in [0.05, 0.1) is 0 Å². The van der Waals surface area contributed by atoms with Crippen molar-refractivity contribution < 1.29 is 4.57 Å². The van der Waals surface area contributed by atoms with Crippen molar-refractivity contribution in [2.24, 2.45) is 0 Å². The maximum atomic E-state index is 2.34. The van der Waals surface area contributed by atoms with Crippen molar-refractivity contribution in [3.8, 4) is 5.69 Å². The van der Waals surface area contributed by atoms with Gasteiger partial charge in [-0.3, -0.25) is 0 Å². The first kappa shape index (κ1) is 23.7. The number of hydrogen-bond donors (Lipinski definition) is 0. The van der Waals surface area contributed by atoms with E-state index in [0.29, 0.717) is 0 Å². The molecule has 0 radical (unpaired) electrons. The zero-order valence-electron chi connectivity index (χ0n) is 21.4. The highest BCUT2D eigenvalue weighted by molar-refractivity contribution is 5.77. The van der Waals surface area contributed by atoms with Gasteiger partial charge in [-0.05, 0) is 46.4 Å². The molecule has 0 fully saturated rings. The third kappa shape index (κ3) is 5.35. The Hall–Kier alpha value is -4.69. The van der Waals surface area contributed by atoms with E-state index < -0.39 is 0 Å². The highest BCUT2D eigenvalue weighted by atomic mass is 15.1. The number of hydrogen-bond acceptors (Lipinski definition) is 1. The number of anilines is 1. The van der Waals surface area contributed by atoms with Crippen molar-refractivity contribution in [3.63, 3.8) is 0 Å². The van der Waals surface area contributed by atoms with E-state index in [0.717, 1.165) is 19.4 Å². The van der Waals surface area contributed by atoms with Crippen LogP contribution in [0.15, 0.2) is 152 Å². The van der Waals surface area contributed by atoms with Gasteiger partial charge in [0.1, 0.15) is 0 Å². The second-order valence-corrected chi connectivity index (χ2v) is 9.70. The van der Waals surface area contributed by atoms with E-state index in [-0.39, 0.29) is 0 Å². The van der Waals surface area contributed by atoms with Gasteiger partial charge in [0.2, 0.25) is 5.69 Å². The number of para-hydroxylation sites is 2. The van der Waals surface area contributed by atoms with Crippen LogP contribution in [0.2, 0.25) is 0 Å². The molecule has 1 aliphatic heterocycles. The Morgan fingerprint density at radius 1 is 0.579 bits per heavy atom. The summed E-state index contributed by atoms with van der Waals surface area (Å²) in [5.41, 5.74) is 10.3. The molecule has 4 aromatic carbocycles. The molecule has 2 heterocycles. The molecule has 1 aromatic heterocycles. The zero-order valence-corrected chi connectivity index (χ0v) is 21.4. The first-order chi connectivity index (χ1) is 18.8. The molecule has 6 rings (SSSR count). The van der Waals surface area contributed by atoms with Crippen LogP contribution in [0.4, 0.5) is 5.69 Å². The molecule has 0 amide bonds. The fraction of sp³-hybridized carbons (Fsp3) is 0.0833. The van der Waals surface area contributed by atoms with Crippen molar-refractivity contribution in [1.82, 2.24) is 0 Å². The van der Waals surface area contributed by atoms with Gasteiger partial charge in [-0.25, -0.2) is 0 Å². The molecular formula is C36H31N2+. The number of nitrogens with zero attached hydrogens (tertiary/aromatic N) is 2. The lowest BCUT2D eigenvalue weighted by atomic mass is 10.0. The average Bonchev–Trinajstić information content (AvgIpc) is 2.99. The lowest BCUT2D eigenvalue weighted by Crippen LogP contribution is -2.31. The zero-order chi connectivity index (χ0) is 25.6. The summed E-state index contributed by atoms with van der Waals surface area (Å²) in [6.45, 7) is 0.854. The maximum absolute atomic E-state index is 2.34. The Bertz CT molecular complexity index is 1570. The van der Waals surface area contributed by atoms with Crippen LogP contribution in [0.1, 0.15) is 27.8 Å². The maximum Gasteiger partial charge on any atom is 0.214 e. The SMILES string of the molecule is C1=CN(c2ccccc2Cc2ccccc2)CC=C1c1cc[n+](-c2ccccc2Cc2ccccc2)cc1. The monoisotopic (exact) mass is 491 g/mol. The van der Waals surface area contributed by atoms with Gasteiger partial charge in [0.15, 0.2) is 12.4 Å². The normalized spacial score (nSPS) is 12.8. The predicted octanol–water partition coefficient (Wildman–Crippen LogP) is 7.56. The lowest BCUT2D eigenvalue weighted by molar-refractivity contribution is -0.596. The van der Waals surface area contributed by atoms with Crippen LogP contribution < -0.4 is 9.47 Å². The summed E-state index contributed by atoms with van der Waals surface area (Å²) in [5.74, 6) is 0. The molecule has 0 unspecified atom stereocenters. The first-order valence-corrected chi connectivity index (χ1v) is 13.2. The van der Waals surface area contributed by atoms with Crippen molar-refractivity contribution in [3.05, 3.63) is 180 Å². The quantitative estimate of drug-likeness (QED) is 0.213. The molecule has 5 aromatic rings. The summed E-state index contributed by atoms with van der Waals surface area (Å²) < 4.78 is 2.22. The van der Waals surface area contributed by atoms with Crippen LogP contribution in [0.5, 0.6) is 0 Å². The number of pyridine rings is 1. The molecule has 0 spiro atoms. The van der Waals surface area contributed by atoms with Gasteiger partial charge >= 0.3 is 0 Å². The minimum absolute atomic E-state index is 0.854. The van der Waals surface area contributed by atoms with Gasteiger partial charge in [0, 0.05) is 48.6 Å². The molecule has 0 atom stereocenters. The third-order valence-electron chi connectivity index (χ3n) is 7.15. The van der Waals surface area contributed by atoms with Crippen molar-refractivity contribution in [2.75, 3.05) is 11.4 Å². The van der Waals surface area contributed by atoms with E-state index in [2.05, 4.69) is 162 Å². The van der Waals surface area contributed by atoms with Gasteiger partial charge in [-0.2, -0.15) is 4.57 Å². The van der Waals surface area contributed by atoms with Gasteiger partial charge in [-0.15, -0.1) is 0 Å². The van der Waals surface area contributed by atoms with E-state index in [1.165, 1.54) is 44.8 Å². The molecule has 184 valence electrons. The van der Waals surface area contributed by atoms with Crippen LogP contribution in [0, 0.1) is 0 Å². The standard InChI is InChI=1S/C36H31N2/c1-3-11-29(12-4-1)27-33-15-7-9-17-35(33)37-23-19-31(20-24-37)32-21-25-38(26-22-32)36-18-10-8-16-34(36)28-30-13-5-2-6-14-30/h1-25H,26-28H2/q+1.